The minimum Gasteiger partial charge on any atom is -0.468 e. The van der Waals surface area contributed by atoms with Crippen molar-refractivity contribution in [1.82, 2.24) is 0 Å². The molecule has 0 aliphatic carbocycles. The molecule has 0 aromatic heterocycles. The molecule has 1 rings (SSSR count). The van der Waals surface area contributed by atoms with Gasteiger partial charge in [0.2, 0.25) is 0 Å². The van der Waals surface area contributed by atoms with Gasteiger partial charge < -0.3 is 15.4 Å². The Morgan fingerprint density at radius 2 is 2.25 bits per heavy atom. The quantitative estimate of drug-likeness (QED) is 0.770. The number of methoxy groups -OCH3 is 1. The van der Waals surface area contributed by atoms with E-state index in [4.69, 9.17) is 5.73 Å². The second kappa shape index (κ2) is 5.51. The van der Waals surface area contributed by atoms with Gasteiger partial charge >= 0.3 is 5.97 Å². The summed E-state index contributed by atoms with van der Waals surface area (Å²) in [6.45, 7) is 2.47. The van der Waals surface area contributed by atoms with E-state index in [0.29, 0.717) is 6.54 Å². The fourth-order valence-electron chi connectivity index (χ4n) is 1.49. The van der Waals surface area contributed by atoms with E-state index in [-0.39, 0.29) is 5.97 Å². The molecule has 0 radical (unpaired) electrons. The lowest BCUT2D eigenvalue weighted by molar-refractivity contribution is -0.141. The van der Waals surface area contributed by atoms with E-state index in [1.54, 1.807) is 0 Å². The second-order valence-electron chi connectivity index (χ2n) is 3.85. The van der Waals surface area contributed by atoms with Crippen LogP contribution in [0.4, 0.5) is 5.69 Å². The van der Waals surface area contributed by atoms with Gasteiger partial charge in [0.15, 0.2) is 0 Å². The lowest BCUT2D eigenvalue weighted by atomic mass is 10.2. The number of esters is 1. The molecule has 0 aliphatic rings. The van der Waals surface area contributed by atoms with Gasteiger partial charge in [-0.2, -0.15) is 0 Å². The normalized spacial score (nSPS) is 12.0. The van der Waals surface area contributed by atoms with Gasteiger partial charge in [-0.25, -0.2) is 0 Å². The van der Waals surface area contributed by atoms with E-state index in [0.717, 1.165) is 5.69 Å². The summed E-state index contributed by atoms with van der Waals surface area (Å²) in [7, 11) is 3.24. The van der Waals surface area contributed by atoms with Crippen LogP contribution in [0.1, 0.15) is 5.56 Å². The number of benzene rings is 1. The number of carbonyl (C=O) groups excluding carboxylic acids is 1. The van der Waals surface area contributed by atoms with Crippen LogP contribution in [-0.4, -0.2) is 32.7 Å². The topological polar surface area (TPSA) is 55.6 Å². The minimum absolute atomic E-state index is 0.389. The number of anilines is 1. The van der Waals surface area contributed by atoms with Gasteiger partial charge in [-0.1, -0.05) is 12.1 Å². The van der Waals surface area contributed by atoms with E-state index in [9.17, 15) is 4.79 Å². The summed E-state index contributed by atoms with van der Waals surface area (Å²) < 4.78 is 4.58. The van der Waals surface area contributed by atoms with Crippen LogP contribution in [0.3, 0.4) is 0 Å². The summed E-state index contributed by atoms with van der Waals surface area (Å²) in [5, 5.41) is 0. The van der Waals surface area contributed by atoms with Crippen molar-refractivity contribution >= 4 is 11.7 Å². The average molecular weight is 222 g/mol. The first-order valence-electron chi connectivity index (χ1n) is 5.16. The molecule has 1 atom stereocenters. The summed E-state index contributed by atoms with van der Waals surface area (Å²) in [6, 6.07) is 7.42. The third-order valence-electron chi connectivity index (χ3n) is 2.42. The predicted octanol–water partition coefficient (Wildman–Crippen LogP) is 0.932. The zero-order chi connectivity index (χ0) is 12.1. The predicted molar refractivity (Wildman–Crippen MR) is 64.4 cm³/mol. The van der Waals surface area contributed by atoms with Crippen LogP contribution in [0.25, 0.3) is 0 Å². The number of hydrogen-bond donors (Lipinski definition) is 1. The summed E-state index contributed by atoms with van der Waals surface area (Å²) in [4.78, 5) is 13.1. The fraction of sp³-hybridized carbons (Fsp3) is 0.417. The Morgan fingerprint density at radius 3 is 2.81 bits per heavy atom. The molecule has 2 N–H and O–H groups in total. The first kappa shape index (κ1) is 12.5. The Bertz CT molecular complexity index is 366. The van der Waals surface area contributed by atoms with Gasteiger partial charge in [0, 0.05) is 19.3 Å². The molecule has 16 heavy (non-hydrogen) atoms. The number of ether oxygens (including phenoxy) is 1. The van der Waals surface area contributed by atoms with Gasteiger partial charge in [0.1, 0.15) is 6.04 Å². The maximum absolute atomic E-state index is 11.2. The Labute approximate surface area is 96.0 Å². The zero-order valence-electron chi connectivity index (χ0n) is 9.93. The highest BCUT2D eigenvalue weighted by Gasteiger charge is 2.16. The smallest absolute Gasteiger partial charge is 0.324 e. The highest BCUT2D eigenvalue weighted by molar-refractivity contribution is 5.76. The van der Waals surface area contributed by atoms with E-state index in [1.165, 1.54) is 12.7 Å². The van der Waals surface area contributed by atoms with E-state index in [1.807, 2.05) is 43.1 Å². The van der Waals surface area contributed by atoms with Crippen molar-refractivity contribution < 1.29 is 9.53 Å². The Hall–Kier alpha value is -1.55. The van der Waals surface area contributed by atoms with Crippen LogP contribution in [0.2, 0.25) is 0 Å². The summed E-state index contributed by atoms with van der Waals surface area (Å²) in [5.74, 6) is -0.389. The van der Waals surface area contributed by atoms with Crippen molar-refractivity contribution in [2.75, 3.05) is 25.6 Å². The first-order valence-corrected chi connectivity index (χ1v) is 5.16. The lowest BCUT2D eigenvalue weighted by Gasteiger charge is -2.22. The first-order chi connectivity index (χ1) is 7.54. The molecule has 4 heteroatoms. The Morgan fingerprint density at radius 1 is 1.56 bits per heavy atom. The number of rotatable bonds is 4. The average Bonchev–Trinajstić information content (AvgIpc) is 2.27. The molecule has 0 amide bonds. The molecule has 1 unspecified atom stereocenters. The van der Waals surface area contributed by atoms with Crippen molar-refractivity contribution in [2.45, 2.75) is 13.0 Å². The molecule has 0 saturated carbocycles. The largest absolute Gasteiger partial charge is 0.468 e. The molecule has 0 heterocycles. The van der Waals surface area contributed by atoms with Crippen LogP contribution in [-0.2, 0) is 9.53 Å². The number of aryl methyl sites for hydroxylation is 1. The van der Waals surface area contributed by atoms with E-state index in [2.05, 4.69) is 4.74 Å². The molecular weight excluding hydrogens is 204 g/mol. The van der Waals surface area contributed by atoms with Crippen molar-refractivity contribution in [3.8, 4) is 0 Å². The summed E-state index contributed by atoms with van der Waals surface area (Å²) in [5.41, 5.74) is 7.91. The van der Waals surface area contributed by atoms with Crippen LogP contribution in [0, 0.1) is 6.92 Å². The minimum atomic E-state index is -0.615. The van der Waals surface area contributed by atoms with Crippen molar-refractivity contribution in [3.05, 3.63) is 29.8 Å². The molecule has 88 valence electrons. The Kier molecular flexibility index (Phi) is 4.31. The molecule has 1 aromatic rings. The summed E-state index contributed by atoms with van der Waals surface area (Å²) in [6.07, 6.45) is 0. The number of hydrogen-bond acceptors (Lipinski definition) is 4. The van der Waals surface area contributed by atoms with Crippen molar-refractivity contribution in [3.63, 3.8) is 0 Å². The molecule has 0 saturated heterocycles. The zero-order valence-corrected chi connectivity index (χ0v) is 9.93. The lowest BCUT2D eigenvalue weighted by Crippen LogP contribution is -2.42. The highest BCUT2D eigenvalue weighted by Crippen LogP contribution is 2.14. The monoisotopic (exact) mass is 222 g/mol. The maximum atomic E-state index is 11.2. The van der Waals surface area contributed by atoms with Gasteiger partial charge in [0.25, 0.3) is 0 Å². The molecule has 0 aliphatic heterocycles. The summed E-state index contributed by atoms with van der Waals surface area (Å²) >= 11 is 0. The van der Waals surface area contributed by atoms with Gasteiger partial charge in [-0.15, -0.1) is 0 Å². The van der Waals surface area contributed by atoms with Gasteiger partial charge in [-0.05, 0) is 24.6 Å². The molecule has 0 bridgehead atoms. The maximum Gasteiger partial charge on any atom is 0.324 e. The van der Waals surface area contributed by atoms with E-state index < -0.39 is 6.04 Å². The third kappa shape index (κ3) is 3.24. The van der Waals surface area contributed by atoms with Crippen LogP contribution in [0.15, 0.2) is 24.3 Å². The fourth-order valence-corrected chi connectivity index (χ4v) is 1.49. The number of nitrogens with two attached hydrogens (primary N) is 1. The number of nitrogens with zero attached hydrogens (tertiary/aromatic N) is 1. The standard InChI is InChI=1S/C12H18N2O2/c1-9-5-4-6-10(7-9)14(2)8-11(13)12(15)16-3/h4-7,11H,8,13H2,1-3H3. The highest BCUT2D eigenvalue weighted by atomic mass is 16.5. The molecular formula is C12H18N2O2. The molecule has 0 spiro atoms. The molecule has 4 nitrogen and oxygen atoms in total. The van der Waals surface area contributed by atoms with Crippen molar-refractivity contribution in [1.29, 1.82) is 0 Å². The van der Waals surface area contributed by atoms with E-state index >= 15 is 0 Å². The van der Waals surface area contributed by atoms with Crippen LogP contribution in [0.5, 0.6) is 0 Å². The van der Waals surface area contributed by atoms with Crippen LogP contribution >= 0.6 is 0 Å². The van der Waals surface area contributed by atoms with Gasteiger partial charge in [0.05, 0.1) is 7.11 Å². The van der Waals surface area contributed by atoms with Crippen LogP contribution < -0.4 is 10.6 Å². The second-order valence-corrected chi connectivity index (χ2v) is 3.85. The number of carbonyl (C=O) groups is 1. The molecule has 1 aromatic carbocycles. The molecule has 0 fully saturated rings. The van der Waals surface area contributed by atoms with Gasteiger partial charge in [-0.3, -0.25) is 4.79 Å². The number of likely N-dealkylation sites (N-methyl/N-ethyl adjacent to an activating group) is 1. The SMILES string of the molecule is COC(=O)C(N)CN(C)c1cccc(C)c1. The Balaban J connectivity index is 2.65. The van der Waals surface area contributed by atoms with Crippen molar-refractivity contribution in [2.24, 2.45) is 5.73 Å². The third-order valence-corrected chi connectivity index (χ3v) is 2.42.